The molecule has 0 heterocycles. The van der Waals surface area contributed by atoms with Gasteiger partial charge in [-0.25, -0.2) is 5.43 Å². The van der Waals surface area contributed by atoms with E-state index in [-0.39, 0.29) is 6.61 Å². The molecule has 8 heteroatoms. The Labute approximate surface area is 161 Å². The molecule has 0 unspecified atom stereocenters. The molecule has 0 bridgehead atoms. The molecule has 26 heavy (non-hydrogen) atoms. The van der Waals surface area contributed by atoms with E-state index in [9.17, 15) is 9.59 Å². The number of hydrazone groups is 1. The number of hydrogen-bond acceptors (Lipinski definition) is 4. The predicted molar refractivity (Wildman–Crippen MR) is 102 cm³/mol. The molecule has 0 saturated carbocycles. The minimum absolute atomic E-state index is 0.287. The minimum atomic E-state index is -0.839. The van der Waals surface area contributed by atoms with Crippen molar-refractivity contribution in [3.05, 3.63) is 63.6 Å². The largest absolute Gasteiger partial charge is 0.487 e. The maximum absolute atomic E-state index is 11.4. The summed E-state index contributed by atoms with van der Waals surface area (Å²) in [6, 6.07) is 12.4. The van der Waals surface area contributed by atoms with E-state index in [0.717, 1.165) is 5.56 Å². The molecule has 0 aliphatic rings. The molecule has 2 rings (SSSR count). The molecule has 6 nitrogen and oxygen atoms in total. The number of carbonyl (C=O) groups is 2. The standard InChI is InChI=1S/C18H17Cl2N3O3/c1-2-21-17(24)18(25)23-22-10-12-7-8-16(15(20)9-12)26-11-13-5-3-4-6-14(13)19/h3-10H,2,11H2,1H3,(H,21,24)(H,23,25)/b22-10-. The van der Waals surface area contributed by atoms with Gasteiger partial charge in [0.1, 0.15) is 12.4 Å². The van der Waals surface area contributed by atoms with Crippen LogP contribution in [-0.4, -0.2) is 24.6 Å². The van der Waals surface area contributed by atoms with Gasteiger partial charge < -0.3 is 10.1 Å². The van der Waals surface area contributed by atoms with Crippen LogP contribution in [0, 0.1) is 0 Å². The summed E-state index contributed by atoms with van der Waals surface area (Å²) in [6.07, 6.45) is 1.38. The first-order chi connectivity index (χ1) is 12.5. The highest BCUT2D eigenvalue weighted by atomic mass is 35.5. The van der Waals surface area contributed by atoms with Crippen molar-refractivity contribution in [3.63, 3.8) is 0 Å². The summed E-state index contributed by atoms with van der Waals surface area (Å²) in [5.41, 5.74) is 3.62. The van der Waals surface area contributed by atoms with Gasteiger partial charge in [0.2, 0.25) is 0 Å². The zero-order valence-corrected chi connectivity index (χ0v) is 15.5. The van der Waals surface area contributed by atoms with Crippen molar-refractivity contribution in [2.24, 2.45) is 5.10 Å². The van der Waals surface area contributed by atoms with Crippen molar-refractivity contribution in [2.45, 2.75) is 13.5 Å². The van der Waals surface area contributed by atoms with Gasteiger partial charge in [-0.2, -0.15) is 5.10 Å². The summed E-state index contributed by atoms with van der Waals surface area (Å²) < 4.78 is 5.68. The van der Waals surface area contributed by atoms with E-state index < -0.39 is 11.8 Å². The first-order valence-electron chi connectivity index (χ1n) is 7.78. The summed E-state index contributed by atoms with van der Waals surface area (Å²) in [5.74, 6) is -1.09. The fourth-order valence-corrected chi connectivity index (χ4v) is 2.38. The average molecular weight is 394 g/mol. The van der Waals surface area contributed by atoms with Crippen molar-refractivity contribution in [2.75, 3.05) is 6.54 Å². The summed E-state index contributed by atoms with van der Waals surface area (Å²) in [6.45, 7) is 2.36. The molecule has 0 radical (unpaired) electrons. The lowest BCUT2D eigenvalue weighted by atomic mass is 10.2. The van der Waals surface area contributed by atoms with Crippen LogP contribution in [-0.2, 0) is 16.2 Å². The van der Waals surface area contributed by atoms with Gasteiger partial charge in [-0.05, 0) is 36.8 Å². The van der Waals surface area contributed by atoms with Gasteiger partial charge >= 0.3 is 11.8 Å². The van der Waals surface area contributed by atoms with Crippen LogP contribution < -0.4 is 15.5 Å². The second-order valence-electron chi connectivity index (χ2n) is 5.13. The highest BCUT2D eigenvalue weighted by Gasteiger charge is 2.10. The molecule has 0 aliphatic carbocycles. The van der Waals surface area contributed by atoms with Crippen molar-refractivity contribution in [3.8, 4) is 5.75 Å². The molecule has 0 fully saturated rings. The first kappa shape index (κ1) is 19.8. The van der Waals surface area contributed by atoms with E-state index in [0.29, 0.717) is 27.9 Å². The molecule has 2 amide bonds. The van der Waals surface area contributed by atoms with Crippen LogP contribution in [0.4, 0.5) is 0 Å². The second kappa shape index (κ2) is 9.79. The third-order valence-corrected chi connectivity index (χ3v) is 3.88. The van der Waals surface area contributed by atoms with Gasteiger partial charge in [-0.15, -0.1) is 0 Å². The van der Waals surface area contributed by atoms with Gasteiger partial charge in [0.25, 0.3) is 0 Å². The molecule has 0 aliphatic heterocycles. The van der Waals surface area contributed by atoms with E-state index in [1.165, 1.54) is 6.21 Å². The Hall–Kier alpha value is -2.57. The first-order valence-corrected chi connectivity index (χ1v) is 8.54. The molecular weight excluding hydrogens is 377 g/mol. The third kappa shape index (κ3) is 5.75. The van der Waals surface area contributed by atoms with E-state index in [1.807, 2.05) is 18.2 Å². The van der Waals surface area contributed by atoms with Gasteiger partial charge in [0.15, 0.2) is 0 Å². The molecule has 0 aromatic heterocycles. The molecule has 0 saturated heterocycles. The van der Waals surface area contributed by atoms with Gasteiger partial charge in [-0.1, -0.05) is 41.4 Å². The number of carbonyl (C=O) groups excluding carboxylic acids is 2. The quantitative estimate of drug-likeness (QED) is 0.449. The fourth-order valence-electron chi connectivity index (χ4n) is 1.94. The van der Waals surface area contributed by atoms with Gasteiger partial charge in [0.05, 0.1) is 11.2 Å². The van der Waals surface area contributed by atoms with E-state index in [2.05, 4.69) is 15.8 Å². The average Bonchev–Trinajstić information content (AvgIpc) is 2.62. The Morgan fingerprint density at radius 2 is 1.88 bits per heavy atom. The predicted octanol–water partition coefficient (Wildman–Crippen LogP) is 3.16. The van der Waals surface area contributed by atoms with Crippen molar-refractivity contribution in [1.29, 1.82) is 0 Å². The highest BCUT2D eigenvalue weighted by Crippen LogP contribution is 2.26. The molecular formula is C18H17Cl2N3O3. The summed E-state index contributed by atoms with van der Waals surface area (Å²) in [7, 11) is 0. The Morgan fingerprint density at radius 1 is 1.12 bits per heavy atom. The minimum Gasteiger partial charge on any atom is -0.487 e. The molecule has 136 valence electrons. The number of nitrogens with one attached hydrogen (secondary N) is 2. The van der Waals surface area contributed by atoms with Crippen LogP contribution >= 0.6 is 23.2 Å². The number of benzene rings is 2. The molecule has 2 aromatic carbocycles. The topological polar surface area (TPSA) is 79.8 Å². The van der Waals surface area contributed by atoms with E-state index >= 15 is 0 Å². The third-order valence-electron chi connectivity index (χ3n) is 3.22. The van der Waals surface area contributed by atoms with Crippen LogP contribution in [0.25, 0.3) is 0 Å². The Bertz CT molecular complexity index is 825. The monoisotopic (exact) mass is 393 g/mol. The number of ether oxygens (including phenoxy) is 1. The van der Waals surface area contributed by atoms with E-state index in [1.54, 1.807) is 31.2 Å². The number of hydrogen-bond donors (Lipinski definition) is 2. The molecule has 2 aromatic rings. The summed E-state index contributed by atoms with van der Waals surface area (Å²) in [5, 5.41) is 7.09. The maximum atomic E-state index is 11.4. The molecule has 0 atom stereocenters. The van der Waals surface area contributed by atoms with Crippen LogP contribution in [0.15, 0.2) is 47.6 Å². The van der Waals surface area contributed by atoms with Crippen LogP contribution in [0.3, 0.4) is 0 Å². The molecule has 2 N–H and O–H groups in total. The Morgan fingerprint density at radius 3 is 2.58 bits per heavy atom. The number of rotatable bonds is 6. The van der Waals surface area contributed by atoms with Crippen molar-refractivity contribution < 1.29 is 14.3 Å². The lowest BCUT2D eigenvalue weighted by Crippen LogP contribution is -2.37. The zero-order chi connectivity index (χ0) is 18.9. The normalized spacial score (nSPS) is 10.6. The summed E-state index contributed by atoms with van der Waals surface area (Å²) in [4.78, 5) is 22.7. The number of nitrogens with zero attached hydrogens (tertiary/aromatic N) is 1. The Balaban J connectivity index is 1.94. The van der Waals surface area contributed by atoms with Crippen LogP contribution in [0.5, 0.6) is 5.75 Å². The SMILES string of the molecule is CCNC(=O)C(=O)N/N=C\c1ccc(OCc2ccccc2Cl)c(Cl)c1. The molecule has 0 spiro atoms. The van der Waals surface area contributed by atoms with Crippen molar-refractivity contribution in [1.82, 2.24) is 10.7 Å². The lowest BCUT2D eigenvalue weighted by Gasteiger charge is -2.09. The maximum Gasteiger partial charge on any atom is 0.329 e. The zero-order valence-electron chi connectivity index (χ0n) is 14.0. The fraction of sp³-hybridized carbons (Fsp3) is 0.167. The lowest BCUT2D eigenvalue weighted by molar-refractivity contribution is -0.139. The summed E-state index contributed by atoms with van der Waals surface area (Å²) >= 11 is 12.3. The van der Waals surface area contributed by atoms with E-state index in [4.69, 9.17) is 27.9 Å². The van der Waals surface area contributed by atoms with Crippen LogP contribution in [0.1, 0.15) is 18.1 Å². The Kier molecular flexibility index (Phi) is 7.44. The highest BCUT2D eigenvalue weighted by molar-refractivity contribution is 6.35. The number of likely N-dealkylation sites (N-methyl/N-ethyl adjacent to an activating group) is 1. The van der Waals surface area contributed by atoms with Crippen LogP contribution in [0.2, 0.25) is 10.0 Å². The van der Waals surface area contributed by atoms with Gasteiger partial charge in [0, 0.05) is 17.1 Å². The van der Waals surface area contributed by atoms with Crippen molar-refractivity contribution >= 4 is 41.2 Å². The number of halogens is 2. The second-order valence-corrected chi connectivity index (χ2v) is 5.94. The van der Waals surface area contributed by atoms with Gasteiger partial charge in [-0.3, -0.25) is 9.59 Å². The number of amides is 2. The smallest absolute Gasteiger partial charge is 0.329 e.